The minimum atomic E-state index is -1.01. The zero-order valence-corrected chi connectivity index (χ0v) is 13.2. The van der Waals surface area contributed by atoms with Crippen molar-refractivity contribution in [3.05, 3.63) is 39.8 Å². The molecule has 1 unspecified atom stereocenters. The number of hydrogen-bond donors (Lipinski definition) is 2. The minimum Gasteiger partial charge on any atom is -0.478 e. The lowest BCUT2D eigenvalue weighted by Crippen LogP contribution is -2.19. The van der Waals surface area contributed by atoms with Gasteiger partial charge >= 0.3 is 5.97 Å². The van der Waals surface area contributed by atoms with Gasteiger partial charge in [0, 0.05) is 12.0 Å². The van der Waals surface area contributed by atoms with Gasteiger partial charge in [0.05, 0.1) is 27.7 Å². The monoisotopic (exact) mass is 327 g/mol. The largest absolute Gasteiger partial charge is 0.478 e. The topological polar surface area (TPSA) is 97.2 Å². The number of carbonyl (C=O) groups is 1. The van der Waals surface area contributed by atoms with E-state index in [1.807, 2.05) is 0 Å². The number of ether oxygens (including phenoxy) is 1. The van der Waals surface area contributed by atoms with E-state index in [0.717, 1.165) is 19.3 Å². The lowest BCUT2D eigenvalue weighted by atomic mass is 10.1. The van der Waals surface area contributed by atoms with Crippen LogP contribution in [0.1, 0.15) is 41.5 Å². The number of carboxylic acid groups (broad SMARTS) is 1. The van der Waals surface area contributed by atoms with Crippen LogP contribution in [0.25, 0.3) is 21.8 Å². The summed E-state index contributed by atoms with van der Waals surface area (Å²) in [4.78, 5) is 26.6. The van der Waals surface area contributed by atoms with E-state index in [4.69, 9.17) is 4.74 Å². The lowest BCUT2D eigenvalue weighted by Gasteiger charge is -2.23. The number of aromatic nitrogens is 3. The molecule has 124 valence electrons. The highest BCUT2D eigenvalue weighted by molar-refractivity contribution is 6.06. The maximum atomic E-state index is 12.5. The van der Waals surface area contributed by atoms with Gasteiger partial charge in [0.25, 0.3) is 5.56 Å². The molecule has 2 N–H and O–H groups in total. The first-order valence-corrected chi connectivity index (χ1v) is 7.96. The molecule has 1 fully saturated rings. The third-order valence-electron chi connectivity index (χ3n) is 4.51. The van der Waals surface area contributed by atoms with Crippen molar-refractivity contribution in [1.82, 2.24) is 14.8 Å². The number of H-pyrrole nitrogens is 1. The Morgan fingerprint density at radius 2 is 2.25 bits per heavy atom. The van der Waals surface area contributed by atoms with Gasteiger partial charge in [0.15, 0.2) is 6.23 Å². The van der Waals surface area contributed by atoms with Crippen LogP contribution in [0.4, 0.5) is 0 Å². The molecule has 1 saturated heterocycles. The Balaban J connectivity index is 2.09. The summed E-state index contributed by atoms with van der Waals surface area (Å²) in [6, 6.07) is 4.68. The number of hydrogen-bond acceptors (Lipinski definition) is 4. The van der Waals surface area contributed by atoms with Crippen molar-refractivity contribution in [2.24, 2.45) is 0 Å². The van der Waals surface area contributed by atoms with Crippen LogP contribution in [0.3, 0.4) is 0 Å². The normalized spacial score (nSPS) is 18.3. The summed E-state index contributed by atoms with van der Waals surface area (Å²) in [5, 5.41) is 14.9. The third-order valence-corrected chi connectivity index (χ3v) is 4.51. The van der Waals surface area contributed by atoms with Crippen LogP contribution in [0.15, 0.2) is 23.0 Å². The van der Waals surface area contributed by atoms with Crippen LogP contribution in [-0.2, 0) is 4.74 Å². The second-order valence-electron chi connectivity index (χ2n) is 6.09. The van der Waals surface area contributed by atoms with E-state index in [-0.39, 0.29) is 17.4 Å². The Morgan fingerprint density at radius 3 is 2.96 bits per heavy atom. The van der Waals surface area contributed by atoms with Crippen LogP contribution >= 0.6 is 0 Å². The summed E-state index contributed by atoms with van der Waals surface area (Å²) >= 11 is 0. The maximum Gasteiger partial charge on any atom is 0.335 e. The molecule has 7 heteroatoms. The molecule has 1 aromatic carbocycles. The molecule has 0 aliphatic carbocycles. The predicted octanol–water partition coefficient (Wildman–Crippen LogP) is 2.58. The quantitative estimate of drug-likeness (QED) is 0.754. The van der Waals surface area contributed by atoms with Gasteiger partial charge in [-0.25, -0.2) is 9.48 Å². The van der Waals surface area contributed by atoms with E-state index in [2.05, 4.69) is 10.1 Å². The molecule has 3 aromatic rings. The number of carboxylic acids is 1. The predicted molar refractivity (Wildman–Crippen MR) is 88.4 cm³/mol. The van der Waals surface area contributed by atoms with Crippen molar-refractivity contribution < 1.29 is 14.6 Å². The highest BCUT2D eigenvalue weighted by Crippen LogP contribution is 2.30. The molecule has 1 aliphatic heterocycles. The van der Waals surface area contributed by atoms with Gasteiger partial charge in [-0.05, 0) is 44.4 Å². The van der Waals surface area contributed by atoms with Crippen molar-refractivity contribution >= 4 is 27.8 Å². The van der Waals surface area contributed by atoms with Crippen molar-refractivity contribution in [1.29, 1.82) is 0 Å². The first-order chi connectivity index (χ1) is 11.6. The van der Waals surface area contributed by atoms with E-state index >= 15 is 0 Å². The second kappa shape index (κ2) is 5.45. The molecule has 1 atom stereocenters. The van der Waals surface area contributed by atoms with Crippen LogP contribution in [-0.4, -0.2) is 32.4 Å². The first-order valence-electron chi connectivity index (χ1n) is 7.96. The Hall–Kier alpha value is -2.67. The van der Waals surface area contributed by atoms with E-state index in [9.17, 15) is 14.7 Å². The van der Waals surface area contributed by atoms with Gasteiger partial charge in [0.1, 0.15) is 0 Å². The number of nitrogens with zero attached hydrogens (tertiary/aromatic N) is 2. The molecule has 1 aliphatic rings. The number of aryl methyl sites for hydroxylation is 1. The zero-order valence-electron chi connectivity index (χ0n) is 13.2. The van der Waals surface area contributed by atoms with E-state index in [1.54, 1.807) is 23.7 Å². The van der Waals surface area contributed by atoms with Crippen molar-refractivity contribution in [3.8, 4) is 0 Å². The van der Waals surface area contributed by atoms with Gasteiger partial charge in [0.2, 0.25) is 0 Å². The lowest BCUT2D eigenvalue weighted by molar-refractivity contribution is -0.0367. The van der Waals surface area contributed by atoms with E-state index < -0.39 is 5.97 Å². The fourth-order valence-corrected chi connectivity index (χ4v) is 3.37. The fourth-order valence-electron chi connectivity index (χ4n) is 3.37. The average Bonchev–Trinajstić information content (AvgIpc) is 2.94. The molecular formula is C17H17N3O4. The highest BCUT2D eigenvalue weighted by atomic mass is 16.5. The fraction of sp³-hybridized carbons (Fsp3) is 0.353. The number of pyridine rings is 1. The molecule has 0 bridgehead atoms. The Labute approximate surface area is 136 Å². The second-order valence-corrected chi connectivity index (χ2v) is 6.09. The average molecular weight is 327 g/mol. The Bertz CT molecular complexity index is 1010. The zero-order chi connectivity index (χ0) is 16.8. The summed E-state index contributed by atoms with van der Waals surface area (Å²) in [5.41, 5.74) is 1.80. The molecule has 0 spiro atoms. The molecule has 0 radical (unpaired) electrons. The standard InChI is InChI=1S/C17H17N3O4/c1-9-14-15(20(19-9)13-4-2-3-7-24-13)11-8-10(17(22)23)5-6-12(11)18-16(14)21/h5-6,8,13H,2-4,7H2,1H3,(H,18,21)(H,22,23). The molecule has 4 rings (SSSR count). The molecular weight excluding hydrogens is 310 g/mol. The van der Waals surface area contributed by atoms with Gasteiger partial charge < -0.3 is 14.8 Å². The summed E-state index contributed by atoms with van der Waals surface area (Å²) in [5.74, 6) is -1.01. The number of benzene rings is 1. The summed E-state index contributed by atoms with van der Waals surface area (Å²) in [6.45, 7) is 2.44. The van der Waals surface area contributed by atoms with Crippen molar-refractivity contribution in [3.63, 3.8) is 0 Å². The Morgan fingerprint density at radius 1 is 1.42 bits per heavy atom. The number of aromatic carboxylic acids is 1. The Kier molecular flexibility index (Phi) is 3.38. The SMILES string of the molecule is Cc1nn(C2CCCCO2)c2c1c(=O)[nH]c1ccc(C(=O)O)cc12. The van der Waals surface area contributed by atoms with Crippen molar-refractivity contribution in [2.75, 3.05) is 6.61 Å². The maximum absolute atomic E-state index is 12.5. The van der Waals surface area contributed by atoms with Crippen LogP contribution < -0.4 is 5.56 Å². The smallest absolute Gasteiger partial charge is 0.335 e. The molecule has 24 heavy (non-hydrogen) atoms. The van der Waals surface area contributed by atoms with Gasteiger partial charge in [-0.2, -0.15) is 5.10 Å². The van der Waals surface area contributed by atoms with E-state index in [1.165, 1.54) is 6.07 Å². The van der Waals surface area contributed by atoms with Gasteiger partial charge in [-0.1, -0.05) is 0 Å². The molecule has 7 nitrogen and oxygen atoms in total. The summed E-state index contributed by atoms with van der Waals surface area (Å²) < 4.78 is 7.57. The van der Waals surface area contributed by atoms with Gasteiger partial charge in [-0.3, -0.25) is 4.79 Å². The molecule has 3 heterocycles. The summed E-state index contributed by atoms with van der Waals surface area (Å²) in [6.07, 6.45) is 2.64. The number of aromatic amines is 1. The number of rotatable bonds is 2. The van der Waals surface area contributed by atoms with Gasteiger partial charge in [-0.15, -0.1) is 0 Å². The van der Waals surface area contributed by atoms with Crippen LogP contribution in [0.5, 0.6) is 0 Å². The molecule has 0 saturated carbocycles. The summed E-state index contributed by atoms with van der Waals surface area (Å²) in [7, 11) is 0. The first kappa shape index (κ1) is 14.9. The number of fused-ring (bicyclic) bond motifs is 3. The van der Waals surface area contributed by atoms with E-state index in [0.29, 0.717) is 34.1 Å². The minimum absolute atomic E-state index is 0.172. The van der Waals surface area contributed by atoms with Crippen LogP contribution in [0, 0.1) is 6.92 Å². The third kappa shape index (κ3) is 2.20. The van der Waals surface area contributed by atoms with Crippen LogP contribution in [0.2, 0.25) is 0 Å². The van der Waals surface area contributed by atoms with Crippen molar-refractivity contribution in [2.45, 2.75) is 32.4 Å². The number of nitrogens with one attached hydrogen (secondary N) is 1. The molecule has 0 amide bonds. The molecule has 2 aromatic heterocycles. The highest BCUT2D eigenvalue weighted by Gasteiger charge is 2.23.